The van der Waals surface area contributed by atoms with Crippen LogP contribution in [0.1, 0.15) is 39.0 Å². The number of halogens is 1. The molecule has 1 aliphatic heterocycles. The molecule has 0 radical (unpaired) electrons. The first kappa shape index (κ1) is 23.0. The molecular weight excluding hydrogens is 439 g/mol. The molecule has 1 aromatic carbocycles. The Morgan fingerprint density at radius 3 is 2.58 bits per heavy atom. The summed E-state index contributed by atoms with van der Waals surface area (Å²) in [5, 5.41) is 6.99. The maximum atomic E-state index is 5.71. The Bertz CT molecular complexity index is 490. The number of nitrogens with one attached hydrogen (secondary N) is 2. The molecule has 1 fully saturated rings. The van der Waals surface area contributed by atoms with Crippen LogP contribution in [-0.4, -0.2) is 56.7 Å². The Balaban J connectivity index is 0.00000338. The van der Waals surface area contributed by atoms with E-state index in [4.69, 9.17) is 4.74 Å². The molecular formula is C20H35IN4O. The zero-order valence-electron chi connectivity index (χ0n) is 16.2. The van der Waals surface area contributed by atoms with Gasteiger partial charge in [-0.15, -0.1) is 24.0 Å². The predicted molar refractivity (Wildman–Crippen MR) is 121 cm³/mol. The number of aliphatic imine (C=N–C) groups is 1. The molecule has 6 heteroatoms. The monoisotopic (exact) mass is 474 g/mol. The van der Waals surface area contributed by atoms with E-state index < -0.39 is 0 Å². The highest BCUT2D eigenvalue weighted by atomic mass is 127. The van der Waals surface area contributed by atoms with Crippen molar-refractivity contribution in [1.82, 2.24) is 15.5 Å². The van der Waals surface area contributed by atoms with Crippen LogP contribution < -0.4 is 15.4 Å². The summed E-state index contributed by atoms with van der Waals surface area (Å²) < 4.78 is 5.71. The third-order valence-electron chi connectivity index (χ3n) is 4.57. The van der Waals surface area contributed by atoms with Gasteiger partial charge in [-0.25, -0.2) is 0 Å². The number of rotatable bonds is 9. The quantitative estimate of drug-likeness (QED) is 0.249. The summed E-state index contributed by atoms with van der Waals surface area (Å²) in [6, 6.07) is 10.5. The average molecular weight is 474 g/mol. The first-order chi connectivity index (χ1) is 12.3. The lowest BCUT2D eigenvalue weighted by molar-refractivity contribution is 0.206. The Labute approximate surface area is 176 Å². The lowest BCUT2D eigenvalue weighted by Crippen LogP contribution is -2.48. The normalized spacial score (nSPS) is 16.0. The van der Waals surface area contributed by atoms with Crippen LogP contribution in [0.15, 0.2) is 35.3 Å². The summed E-state index contributed by atoms with van der Waals surface area (Å²) in [5.74, 6) is 1.88. The van der Waals surface area contributed by atoms with Gasteiger partial charge in [0.1, 0.15) is 5.75 Å². The van der Waals surface area contributed by atoms with E-state index in [1.165, 1.54) is 38.9 Å². The van der Waals surface area contributed by atoms with Crippen molar-refractivity contribution in [2.75, 3.05) is 39.8 Å². The zero-order chi connectivity index (χ0) is 17.7. The maximum absolute atomic E-state index is 5.71. The van der Waals surface area contributed by atoms with Crippen molar-refractivity contribution >= 4 is 29.9 Å². The molecule has 0 unspecified atom stereocenters. The van der Waals surface area contributed by atoms with Gasteiger partial charge in [-0.1, -0.05) is 25.1 Å². The molecule has 2 N–H and O–H groups in total. The predicted octanol–water partition coefficient (Wildman–Crippen LogP) is 3.50. The molecule has 0 aliphatic carbocycles. The van der Waals surface area contributed by atoms with Crippen molar-refractivity contribution < 1.29 is 4.74 Å². The number of likely N-dealkylation sites (tertiary alicyclic amines) is 1. The lowest BCUT2D eigenvalue weighted by atomic mass is 10.1. The second-order valence-electron chi connectivity index (χ2n) is 6.63. The Hall–Kier alpha value is -1.02. The smallest absolute Gasteiger partial charge is 0.191 e. The Morgan fingerprint density at radius 2 is 1.92 bits per heavy atom. The second kappa shape index (κ2) is 14.1. The van der Waals surface area contributed by atoms with Crippen molar-refractivity contribution in [1.29, 1.82) is 0 Å². The van der Waals surface area contributed by atoms with Gasteiger partial charge >= 0.3 is 0 Å². The van der Waals surface area contributed by atoms with E-state index in [2.05, 4.69) is 27.4 Å². The number of hydrogen-bond donors (Lipinski definition) is 2. The molecule has 148 valence electrons. The van der Waals surface area contributed by atoms with Crippen LogP contribution in [0.5, 0.6) is 5.75 Å². The number of unbranched alkanes of at least 4 members (excludes halogenated alkanes) is 1. The van der Waals surface area contributed by atoms with E-state index in [0.29, 0.717) is 6.04 Å². The van der Waals surface area contributed by atoms with E-state index >= 15 is 0 Å². The molecule has 0 saturated carbocycles. The van der Waals surface area contributed by atoms with Gasteiger partial charge in [0.15, 0.2) is 5.96 Å². The van der Waals surface area contributed by atoms with E-state index in [-0.39, 0.29) is 24.0 Å². The van der Waals surface area contributed by atoms with Crippen molar-refractivity contribution in [2.24, 2.45) is 4.99 Å². The first-order valence-corrected chi connectivity index (χ1v) is 9.69. The summed E-state index contributed by atoms with van der Waals surface area (Å²) in [5.41, 5.74) is 0. The minimum Gasteiger partial charge on any atom is -0.494 e. The highest BCUT2D eigenvalue weighted by molar-refractivity contribution is 14.0. The van der Waals surface area contributed by atoms with E-state index in [0.717, 1.165) is 37.7 Å². The Kier molecular flexibility index (Phi) is 12.5. The van der Waals surface area contributed by atoms with Crippen LogP contribution in [0, 0.1) is 0 Å². The number of ether oxygens (including phenoxy) is 1. The van der Waals surface area contributed by atoms with Gasteiger partial charge in [0.25, 0.3) is 0 Å². The van der Waals surface area contributed by atoms with Gasteiger partial charge in [0.05, 0.1) is 6.61 Å². The largest absolute Gasteiger partial charge is 0.494 e. The summed E-state index contributed by atoms with van der Waals surface area (Å²) in [7, 11) is 1.85. The van der Waals surface area contributed by atoms with Crippen molar-refractivity contribution in [3.8, 4) is 5.75 Å². The Morgan fingerprint density at radius 1 is 1.19 bits per heavy atom. The zero-order valence-corrected chi connectivity index (χ0v) is 18.6. The number of guanidine groups is 1. The molecule has 1 aliphatic rings. The minimum absolute atomic E-state index is 0. The van der Waals surface area contributed by atoms with Gasteiger partial charge in [-0.05, 0) is 50.8 Å². The van der Waals surface area contributed by atoms with Gasteiger partial charge in [-0.2, -0.15) is 0 Å². The molecule has 0 amide bonds. The second-order valence-corrected chi connectivity index (χ2v) is 6.63. The highest BCUT2D eigenvalue weighted by Gasteiger charge is 2.19. The van der Waals surface area contributed by atoms with Crippen LogP contribution in [-0.2, 0) is 0 Å². The molecule has 5 nitrogen and oxygen atoms in total. The number of hydrogen-bond acceptors (Lipinski definition) is 3. The summed E-state index contributed by atoms with van der Waals surface area (Å²) in [6.07, 6.45) is 5.75. The number of nitrogens with zero attached hydrogens (tertiary/aromatic N) is 2. The average Bonchev–Trinajstić information content (AvgIpc) is 2.66. The fourth-order valence-electron chi connectivity index (χ4n) is 3.15. The van der Waals surface area contributed by atoms with Crippen LogP contribution in [0.4, 0.5) is 0 Å². The van der Waals surface area contributed by atoms with Crippen LogP contribution in [0.2, 0.25) is 0 Å². The topological polar surface area (TPSA) is 48.9 Å². The van der Waals surface area contributed by atoms with E-state index in [9.17, 15) is 0 Å². The fraction of sp³-hybridized carbons (Fsp3) is 0.650. The van der Waals surface area contributed by atoms with Crippen LogP contribution in [0.3, 0.4) is 0 Å². The maximum Gasteiger partial charge on any atom is 0.191 e. The van der Waals surface area contributed by atoms with Crippen molar-refractivity contribution in [2.45, 2.75) is 45.1 Å². The van der Waals surface area contributed by atoms with Crippen LogP contribution >= 0.6 is 24.0 Å². The molecule has 0 aromatic heterocycles. The van der Waals surface area contributed by atoms with Gasteiger partial charge < -0.3 is 20.3 Å². The van der Waals surface area contributed by atoms with Crippen LogP contribution in [0.25, 0.3) is 0 Å². The fourth-order valence-corrected chi connectivity index (χ4v) is 3.15. The molecule has 0 bridgehead atoms. The number of benzene rings is 1. The van der Waals surface area contributed by atoms with Crippen molar-refractivity contribution in [3.05, 3.63) is 30.3 Å². The lowest BCUT2D eigenvalue weighted by Gasteiger charge is -2.32. The molecule has 0 atom stereocenters. The molecule has 1 aromatic rings. The first-order valence-electron chi connectivity index (χ1n) is 9.69. The van der Waals surface area contributed by atoms with E-state index in [1.54, 1.807) is 0 Å². The van der Waals surface area contributed by atoms with E-state index in [1.807, 2.05) is 37.4 Å². The molecule has 1 saturated heterocycles. The van der Waals surface area contributed by atoms with Crippen molar-refractivity contribution in [3.63, 3.8) is 0 Å². The molecule has 0 spiro atoms. The van der Waals surface area contributed by atoms with Gasteiger partial charge in [-0.3, -0.25) is 4.99 Å². The third kappa shape index (κ3) is 9.07. The summed E-state index contributed by atoms with van der Waals surface area (Å²) in [4.78, 5) is 6.91. The highest BCUT2D eigenvalue weighted by Crippen LogP contribution is 2.10. The number of piperidine rings is 1. The summed E-state index contributed by atoms with van der Waals surface area (Å²) >= 11 is 0. The SMILES string of the molecule is CCCN1CCC(NC(=NC)NCCCCOc2ccccc2)CC1.I. The standard InChI is InChI=1S/C20H34N4O.HI/c1-3-14-24-15-11-18(12-16-24)23-20(21-2)22-13-7-8-17-25-19-9-5-4-6-10-19;/h4-6,9-10,18H,3,7-8,11-17H2,1-2H3,(H2,21,22,23);1H. The molecule has 2 rings (SSSR count). The minimum atomic E-state index is 0. The molecule has 26 heavy (non-hydrogen) atoms. The number of para-hydroxylation sites is 1. The third-order valence-corrected chi connectivity index (χ3v) is 4.57. The molecule has 1 heterocycles. The van der Waals surface area contributed by atoms with Gasteiger partial charge in [0.2, 0.25) is 0 Å². The summed E-state index contributed by atoms with van der Waals surface area (Å²) in [6.45, 7) is 7.55. The van der Waals surface area contributed by atoms with Gasteiger partial charge in [0, 0.05) is 32.7 Å².